The highest BCUT2D eigenvalue weighted by Crippen LogP contribution is 2.64. The topological polar surface area (TPSA) is 3.24 Å². The summed E-state index contributed by atoms with van der Waals surface area (Å²) in [6.07, 6.45) is 14.1. The van der Waals surface area contributed by atoms with Crippen LogP contribution < -0.4 is 4.90 Å². The Bertz CT molecular complexity index is 3000. The molecule has 3 aliphatic rings. The molecule has 0 aromatic heterocycles. The normalized spacial score (nSPS) is 16.5. The average Bonchev–Trinajstić information content (AvgIpc) is 3.69. The Morgan fingerprint density at radius 3 is 1.86 bits per heavy atom. The van der Waals surface area contributed by atoms with Gasteiger partial charge in [0.05, 0.1) is 5.41 Å². The summed E-state index contributed by atoms with van der Waals surface area (Å²) >= 11 is 0. The van der Waals surface area contributed by atoms with Gasteiger partial charge in [0.25, 0.3) is 0 Å². The Hall–Kier alpha value is -5.83. The zero-order valence-electron chi connectivity index (χ0n) is 35.3. The third-order valence-electron chi connectivity index (χ3n) is 13.5. The molecule has 0 heterocycles. The van der Waals surface area contributed by atoms with Crippen molar-refractivity contribution >= 4 is 54.7 Å². The Kier molecular flexibility index (Phi) is 7.89. The van der Waals surface area contributed by atoms with E-state index in [2.05, 4.69) is 209 Å². The van der Waals surface area contributed by atoms with Crippen molar-refractivity contribution in [3.63, 3.8) is 0 Å². The molecule has 11 rings (SSSR count). The average molecular weight is 782 g/mol. The molecule has 8 aromatic carbocycles. The van der Waals surface area contributed by atoms with E-state index in [-0.39, 0.29) is 5.41 Å². The zero-order valence-corrected chi connectivity index (χ0v) is 36.1. The largest absolute Gasteiger partial charge is 0.310 e. The van der Waals surface area contributed by atoms with E-state index in [1.165, 1.54) is 105 Å². The summed E-state index contributed by atoms with van der Waals surface area (Å²) in [6.45, 7) is 9.13. The molecule has 0 radical (unpaired) electrons. The van der Waals surface area contributed by atoms with Gasteiger partial charge in [0.15, 0.2) is 0 Å². The molecule has 59 heavy (non-hydrogen) atoms. The third kappa shape index (κ3) is 5.32. The molecule has 2 heteroatoms. The number of rotatable bonds is 4. The molecule has 0 fully saturated rings. The summed E-state index contributed by atoms with van der Waals surface area (Å²) in [5, 5.41) is 5.45. The highest BCUT2D eigenvalue weighted by Gasteiger charge is 2.52. The standard InChI is InChI=1S/C57H51NS/c1-36-20-30-47-48-31-27-40(58(38-23-21-37(22-24-38)56(2,3)4)39-25-28-41(29-26-39)59(5,6)7)33-54(48)57(53(47)32-36)52-19-13-12-18-46(52)51-34-49-44-16-10-8-14-42(44)43-15-9-11-17-45(43)50(49)35-55(51)57/h9-13,15-35H,8,14H2,1-7H3. The van der Waals surface area contributed by atoms with Gasteiger partial charge in [0.1, 0.15) is 0 Å². The van der Waals surface area contributed by atoms with Gasteiger partial charge in [0.2, 0.25) is 0 Å². The highest BCUT2D eigenvalue weighted by molar-refractivity contribution is 8.32. The van der Waals surface area contributed by atoms with Crippen molar-refractivity contribution in [2.24, 2.45) is 0 Å². The molecule has 0 amide bonds. The van der Waals surface area contributed by atoms with Gasteiger partial charge in [-0.25, -0.2) is 10.0 Å². The van der Waals surface area contributed by atoms with Crippen molar-refractivity contribution in [2.45, 2.75) is 56.3 Å². The van der Waals surface area contributed by atoms with Crippen LogP contribution in [0, 0.1) is 6.92 Å². The van der Waals surface area contributed by atoms with Gasteiger partial charge in [0, 0.05) is 17.1 Å². The van der Waals surface area contributed by atoms with Gasteiger partial charge in [-0.3, -0.25) is 0 Å². The molecule has 290 valence electrons. The van der Waals surface area contributed by atoms with Crippen LogP contribution in [-0.4, -0.2) is 18.8 Å². The monoisotopic (exact) mass is 781 g/mol. The summed E-state index contributed by atoms with van der Waals surface area (Å²) < 4.78 is 0. The van der Waals surface area contributed by atoms with Crippen LogP contribution in [0.15, 0.2) is 157 Å². The number of aryl methyl sites for hydroxylation is 2. The minimum atomic E-state index is -0.868. The fraction of sp³-hybridized carbons (Fsp3) is 0.193. The third-order valence-corrected chi connectivity index (χ3v) is 15.2. The molecule has 0 saturated carbocycles. The van der Waals surface area contributed by atoms with Crippen molar-refractivity contribution in [3.05, 3.63) is 196 Å². The van der Waals surface area contributed by atoms with Gasteiger partial charge in [-0.05, 0) is 192 Å². The minimum absolute atomic E-state index is 0.0681. The van der Waals surface area contributed by atoms with Crippen LogP contribution in [0.3, 0.4) is 0 Å². The first-order chi connectivity index (χ1) is 28.4. The maximum Gasteiger partial charge on any atom is 0.0726 e. The summed E-state index contributed by atoms with van der Waals surface area (Å²) in [6, 6.07) is 56.7. The van der Waals surface area contributed by atoms with E-state index in [4.69, 9.17) is 0 Å². The lowest BCUT2D eigenvalue weighted by molar-refractivity contribution is 0.590. The van der Waals surface area contributed by atoms with Gasteiger partial charge in [-0.1, -0.05) is 123 Å². The molecule has 1 atom stereocenters. The first-order valence-corrected chi connectivity index (χ1v) is 24.0. The Labute approximate surface area is 351 Å². The van der Waals surface area contributed by atoms with E-state index >= 15 is 0 Å². The predicted molar refractivity (Wildman–Crippen MR) is 257 cm³/mol. The maximum atomic E-state index is 2.60. The molecular weight excluding hydrogens is 731 g/mol. The molecule has 1 nitrogen and oxygen atoms in total. The van der Waals surface area contributed by atoms with Gasteiger partial charge in [-0.2, -0.15) is 0 Å². The Morgan fingerprint density at radius 2 is 1.14 bits per heavy atom. The number of hydrogen-bond acceptors (Lipinski definition) is 1. The van der Waals surface area contributed by atoms with E-state index in [9.17, 15) is 0 Å². The lowest BCUT2D eigenvalue weighted by Crippen LogP contribution is -2.26. The number of fused-ring (bicyclic) bond motifs is 16. The van der Waals surface area contributed by atoms with Crippen molar-refractivity contribution in [1.29, 1.82) is 0 Å². The maximum absolute atomic E-state index is 2.60. The smallest absolute Gasteiger partial charge is 0.0726 e. The lowest BCUT2D eigenvalue weighted by Gasteiger charge is -2.33. The number of benzene rings is 8. The first-order valence-electron chi connectivity index (χ1n) is 21.2. The predicted octanol–water partition coefficient (Wildman–Crippen LogP) is 15.4. The van der Waals surface area contributed by atoms with Crippen molar-refractivity contribution in [1.82, 2.24) is 0 Å². The minimum Gasteiger partial charge on any atom is -0.310 e. The van der Waals surface area contributed by atoms with Crippen LogP contribution in [0.5, 0.6) is 0 Å². The van der Waals surface area contributed by atoms with Crippen LogP contribution >= 0.6 is 10.0 Å². The SMILES string of the molecule is Cc1ccc2c(c1)C1(c3ccccc3-c3cc4c5c(c6ccccc6c4cc31)CCC=C5)c1cc(N(c3ccc(C(C)(C)C)cc3)c3ccc(S(C)(C)C)cc3)ccc1-2. The summed E-state index contributed by atoms with van der Waals surface area (Å²) in [7, 11) is -0.868. The van der Waals surface area contributed by atoms with E-state index < -0.39 is 15.4 Å². The van der Waals surface area contributed by atoms with Gasteiger partial charge < -0.3 is 4.90 Å². The Balaban J connectivity index is 1.21. The van der Waals surface area contributed by atoms with Crippen LogP contribution in [0.1, 0.15) is 71.7 Å². The second-order valence-corrected chi connectivity index (χ2v) is 23.0. The van der Waals surface area contributed by atoms with Crippen molar-refractivity contribution in [2.75, 3.05) is 23.7 Å². The summed E-state index contributed by atoms with van der Waals surface area (Å²) in [5.41, 5.74) is 19.4. The van der Waals surface area contributed by atoms with E-state index in [1.54, 1.807) is 0 Å². The molecule has 0 bridgehead atoms. The number of hydrogen-bond donors (Lipinski definition) is 0. The van der Waals surface area contributed by atoms with Gasteiger partial charge >= 0.3 is 0 Å². The lowest BCUT2D eigenvalue weighted by atomic mass is 9.69. The van der Waals surface area contributed by atoms with Gasteiger partial charge in [-0.15, -0.1) is 0 Å². The van der Waals surface area contributed by atoms with Crippen molar-refractivity contribution < 1.29 is 0 Å². The molecule has 0 saturated heterocycles. The Morgan fingerprint density at radius 1 is 0.525 bits per heavy atom. The van der Waals surface area contributed by atoms with Crippen LogP contribution in [0.2, 0.25) is 0 Å². The number of anilines is 3. The molecule has 3 aliphatic carbocycles. The zero-order chi connectivity index (χ0) is 40.4. The van der Waals surface area contributed by atoms with Crippen molar-refractivity contribution in [3.8, 4) is 22.3 Å². The fourth-order valence-electron chi connectivity index (χ4n) is 10.7. The molecule has 0 N–H and O–H groups in total. The highest BCUT2D eigenvalue weighted by atomic mass is 32.3. The first kappa shape index (κ1) is 36.3. The van der Waals surface area contributed by atoms with E-state index in [0.717, 1.165) is 18.5 Å². The summed E-state index contributed by atoms with van der Waals surface area (Å²) in [5.74, 6) is 0. The van der Waals surface area contributed by atoms with Crippen LogP contribution in [-0.2, 0) is 17.3 Å². The second-order valence-electron chi connectivity index (χ2n) is 18.9. The van der Waals surface area contributed by atoms with Crippen LogP contribution in [0.25, 0.3) is 49.9 Å². The molecular formula is C57H51NS. The number of nitrogens with zero attached hydrogens (tertiary/aromatic N) is 1. The molecule has 1 unspecified atom stereocenters. The van der Waals surface area contributed by atoms with E-state index in [1.807, 2.05) is 0 Å². The number of allylic oxidation sites excluding steroid dienone is 1. The quantitative estimate of drug-likeness (QED) is 0.161. The second kappa shape index (κ2) is 12.8. The fourth-order valence-corrected chi connectivity index (χ4v) is 11.6. The van der Waals surface area contributed by atoms with Crippen LogP contribution in [0.4, 0.5) is 17.1 Å². The molecule has 0 aliphatic heterocycles. The summed E-state index contributed by atoms with van der Waals surface area (Å²) in [4.78, 5) is 3.89. The van der Waals surface area contributed by atoms with E-state index in [0.29, 0.717) is 0 Å². The molecule has 8 aromatic rings. The molecule has 1 spiro atoms.